The van der Waals surface area contributed by atoms with E-state index >= 15 is 0 Å². The second kappa shape index (κ2) is 6.35. The van der Waals surface area contributed by atoms with E-state index in [1.54, 1.807) is 24.5 Å². The van der Waals surface area contributed by atoms with E-state index in [0.717, 1.165) is 42.0 Å². The van der Waals surface area contributed by atoms with Crippen LogP contribution in [0.1, 0.15) is 6.42 Å². The number of benzene rings is 1. The number of nitrogens with zero attached hydrogens (tertiary/aromatic N) is 4. The number of ether oxygens (including phenoxy) is 1. The number of aromatic nitrogens is 2. The topological polar surface area (TPSA) is 81.4 Å². The van der Waals surface area contributed by atoms with Gasteiger partial charge >= 0.3 is 0 Å². The van der Waals surface area contributed by atoms with E-state index in [-0.39, 0.29) is 11.8 Å². The van der Waals surface area contributed by atoms with Crippen molar-refractivity contribution in [3.05, 3.63) is 65.0 Å². The molecule has 3 heterocycles. The van der Waals surface area contributed by atoms with E-state index in [1.807, 2.05) is 24.3 Å². The average molecular weight is 336 g/mol. The Morgan fingerprint density at radius 3 is 2.80 bits per heavy atom. The summed E-state index contributed by atoms with van der Waals surface area (Å²) in [7, 11) is 0. The van der Waals surface area contributed by atoms with Crippen molar-refractivity contribution in [2.24, 2.45) is 0 Å². The zero-order valence-corrected chi connectivity index (χ0v) is 13.4. The summed E-state index contributed by atoms with van der Waals surface area (Å²) in [6, 6.07) is 12.2. The van der Waals surface area contributed by atoms with Gasteiger partial charge in [0, 0.05) is 42.9 Å². The van der Waals surface area contributed by atoms with E-state index in [2.05, 4.69) is 14.9 Å². The molecule has 7 nitrogen and oxygen atoms in total. The van der Waals surface area contributed by atoms with Crippen molar-refractivity contribution in [1.82, 2.24) is 9.97 Å². The van der Waals surface area contributed by atoms with E-state index in [0.29, 0.717) is 0 Å². The second-order valence-corrected chi connectivity index (χ2v) is 5.96. The number of rotatable bonds is 4. The van der Waals surface area contributed by atoms with Crippen molar-refractivity contribution in [3.8, 4) is 5.75 Å². The Balaban J connectivity index is 1.50. The maximum atomic E-state index is 10.9. The normalized spacial score (nSPS) is 17.0. The van der Waals surface area contributed by atoms with Crippen LogP contribution in [0.25, 0.3) is 10.9 Å². The molecule has 0 saturated carbocycles. The number of non-ortho nitro benzene ring substituents is 1. The van der Waals surface area contributed by atoms with Crippen molar-refractivity contribution in [2.45, 2.75) is 12.5 Å². The molecule has 7 heteroatoms. The van der Waals surface area contributed by atoms with E-state index in [9.17, 15) is 10.1 Å². The molecule has 25 heavy (non-hydrogen) atoms. The lowest BCUT2D eigenvalue weighted by molar-refractivity contribution is -0.384. The van der Waals surface area contributed by atoms with Crippen LogP contribution in [-0.2, 0) is 0 Å². The third-order valence-corrected chi connectivity index (χ3v) is 4.29. The maximum Gasteiger partial charge on any atom is 0.270 e. The molecule has 0 aliphatic carbocycles. The fraction of sp³-hybridized carbons (Fsp3) is 0.222. The van der Waals surface area contributed by atoms with Crippen LogP contribution in [0.3, 0.4) is 0 Å². The zero-order valence-electron chi connectivity index (χ0n) is 13.4. The molecule has 0 radical (unpaired) electrons. The van der Waals surface area contributed by atoms with Crippen LogP contribution >= 0.6 is 0 Å². The molecule has 1 atom stereocenters. The van der Waals surface area contributed by atoms with Gasteiger partial charge in [-0.15, -0.1) is 0 Å². The lowest BCUT2D eigenvalue weighted by Crippen LogP contribution is -2.25. The second-order valence-electron chi connectivity index (χ2n) is 5.96. The fourth-order valence-electron chi connectivity index (χ4n) is 3.03. The van der Waals surface area contributed by atoms with Gasteiger partial charge in [0.1, 0.15) is 17.7 Å². The van der Waals surface area contributed by atoms with Gasteiger partial charge in [0.2, 0.25) is 0 Å². The summed E-state index contributed by atoms with van der Waals surface area (Å²) < 4.78 is 5.97. The molecule has 3 aromatic rings. The summed E-state index contributed by atoms with van der Waals surface area (Å²) in [5.74, 6) is 1.68. The Morgan fingerprint density at radius 2 is 2.00 bits per heavy atom. The minimum absolute atomic E-state index is 0.0778. The highest BCUT2D eigenvalue weighted by Gasteiger charge is 2.25. The third-order valence-electron chi connectivity index (χ3n) is 4.29. The maximum absolute atomic E-state index is 10.9. The summed E-state index contributed by atoms with van der Waals surface area (Å²) >= 11 is 0. The van der Waals surface area contributed by atoms with Crippen LogP contribution in [-0.4, -0.2) is 34.1 Å². The lowest BCUT2D eigenvalue weighted by Gasteiger charge is -2.18. The standard InChI is InChI=1S/C18H16N4O3/c23-22(24)14-2-3-17-13(11-14)1-4-18(20-17)21-10-7-16(12-21)25-15-5-8-19-9-6-15/h1-6,8-9,11,16H,7,10,12H2/t16-/m0/s1. The summed E-state index contributed by atoms with van der Waals surface area (Å²) in [6.45, 7) is 1.62. The molecule has 0 spiro atoms. The lowest BCUT2D eigenvalue weighted by atomic mass is 10.2. The van der Waals surface area contributed by atoms with Crippen molar-refractivity contribution >= 4 is 22.4 Å². The SMILES string of the molecule is O=[N+]([O-])c1ccc2nc(N3CC[C@H](Oc4ccncc4)C3)ccc2c1. The number of pyridine rings is 2. The minimum atomic E-state index is -0.394. The molecule has 0 bridgehead atoms. The van der Waals surface area contributed by atoms with Crippen LogP contribution in [0.15, 0.2) is 54.9 Å². The fourth-order valence-corrected chi connectivity index (χ4v) is 3.03. The largest absolute Gasteiger partial charge is 0.488 e. The van der Waals surface area contributed by atoms with Crippen molar-refractivity contribution in [3.63, 3.8) is 0 Å². The highest BCUT2D eigenvalue weighted by atomic mass is 16.6. The van der Waals surface area contributed by atoms with Crippen LogP contribution in [0.5, 0.6) is 5.75 Å². The molecule has 126 valence electrons. The molecular weight excluding hydrogens is 320 g/mol. The van der Waals surface area contributed by atoms with Gasteiger partial charge in [-0.2, -0.15) is 0 Å². The number of anilines is 1. The molecule has 1 saturated heterocycles. The molecule has 1 fully saturated rings. The zero-order chi connectivity index (χ0) is 17.2. The Labute approximate surface area is 144 Å². The average Bonchev–Trinajstić information content (AvgIpc) is 3.10. The van der Waals surface area contributed by atoms with Gasteiger partial charge in [-0.1, -0.05) is 0 Å². The van der Waals surface area contributed by atoms with Crippen LogP contribution in [0, 0.1) is 10.1 Å². The first-order valence-electron chi connectivity index (χ1n) is 8.06. The predicted molar refractivity (Wildman–Crippen MR) is 93.9 cm³/mol. The minimum Gasteiger partial charge on any atom is -0.488 e. The van der Waals surface area contributed by atoms with E-state index in [4.69, 9.17) is 4.74 Å². The first-order chi connectivity index (χ1) is 12.2. The Bertz CT molecular complexity index is 917. The number of hydrogen-bond acceptors (Lipinski definition) is 6. The molecule has 0 amide bonds. The molecular formula is C18H16N4O3. The highest BCUT2D eigenvalue weighted by Crippen LogP contribution is 2.26. The number of nitro groups is 1. The molecule has 1 aliphatic rings. The summed E-state index contributed by atoms with van der Waals surface area (Å²) in [4.78, 5) is 21.3. The van der Waals surface area contributed by atoms with Crippen LogP contribution < -0.4 is 9.64 Å². The Kier molecular flexibility index (Phi) is 3.89. The molecule has 0 unspecified atom stereocenters. The van der Waals surface area contributed by atoms with Crippen molar-refractivity contribution in [1.29, 1.82) is 0 Å². The monoisotopic (exact) mass is 336 g/mol. The highest BCUT2D eigenvalue weighted by molar-refractivity contribution is 5.82. The third kappa shape index (κ3) is 3.21. The summed E-state index contributed by atoms with van der Waals surface area (Å²) in [5.41, 5.74) is 0.829. The van der Waals surface area contributed by atoms with Gasteiger partial charge in [0.15, 0.2) is 0 Å². The predicted octanol–water partition coefficient (Wildman–Crippen LogP) is 3.20. The first kappa shape index (κ1) is 15.3. The van der Waals surface area contributed by atoms with Gasteiger partial charge in [0.25, 0.3) is 5.69 Å². The first-order valence-corrected chi connectivity index (χ1v) is 8.06. The quantitative estimate of drug-likeness (QED) is 0.537. The number of nitro benzene ring substituents is 1. The number of fused-ring (bicyclic) bond motifs is 1. The summed E-state index contributed by atoms with van der Waals surface area (Å²) in [6.07, 6.45) is 4.46. The van der Waals surface area contributed by atoms with Gasteiger partial charge < -0.3 is 9.64 Å². The van der Waals surface area contributed by atoms with Crippen LogP contribution in [0.4, 0.5) is 11.5 Å². The van der Waals surface area contributed by atoms with Gasteiger partial charge in [0.05, 0.1) is 17.0 Å². The molecule has 0 N–H and O–H groups in total. The smallest absolute Gasteiger partial charge is 0.270 e. The van der Waals surface area contributed by atoms with Crippen LogP contribution in [0.2, 0.25) is 0 Å². The van der Waals surface area contributed by atoms with Crippen molar-refractivity contribution in [2.75, 3.05) is 18.0 Å². The van der Waals surface area contributed by atoms with Gasteiger partial charge in [-0.3, -0.25) is 15.1 Å². The van der Waals surface area contributed by atoms with E-state index in [1.165, 1.54) is 6.07 Å². The van der Waals surface area contributed by atoms with E-state index < -0.39 is 4.92 Å². The Hall–Kier alpha value is -3.22. The molecule has 4 rings (SSSR count). The summed E-state index contributed by atoms with van der Waals surface area (Å²) in [5, 5.41) is 11.6. The molecule has 2 aromatic heterocycles. The van der Waals surface area contributed by atoms with Gasteiger partial charge in [-0.05, 0) is 30.3 Å². The molecule has 1 aromatic carbocycles. The van der Waals surface area contributed by atoms with Crippen molar-refractivity contribution < 1.29 is 9.66 Å². The molecule has 1 aliphatic heterocycles. The number of hydrogen-bond donors (Lipinski definition) is 0. The Morgan fingerprint density at radius 1 is 1.16 bits per heavy atom. The van der Waals surface area contributed by atoms with Gasteiger partial charge in [-0.25, -0.2) is 4.98 Å².